The topological polar surface area (TPSA) is 107 Å². The van der Waals surface area contributed by atoms with Crippen molar-refractivity contribution >= 4 is 17.3 Å². The number of methoxy groups -OCH3 is 3. The number of ketones is 3. The van der Waals surface area contributed by atoms with Crippen LogP contribution in [0.15, 0.2) is 97.1 Å². The van der Waals surface area contributed by atoms with Gasteiger partial charge in [-0.1, -0.05) is 24.3 Å². The Hall–Kier alpha value is -7.01. The van der Waals surface area contributed by atoms with E-state index in [-0.39, 0.29) is 35.6 Å². The molecule has 9 nitrogen and oxygen atoms in total. The Bertz CT molecular complexity index is 3150. The fourth-order valence-corrected chi connectivity index (χ4v) is 9.86. The van der Waals surface area contributed by atoms with Gasteiger partial charge < -0.3 is 28.4 Å². The van der Waals surface area contributed by atoms with Crippen LogP contribution in [0.4, 0.5) is 8.78 Å². The number of ether oxygens (including phenoxy) is 6. The second-order valence-corrected chi connectivity index (χ2v) is 22.3. The summed E-state index contributed by atoms with van der Waals surface area (Å²) in [5, 5.41) is 0. The van der Waals surface area contributed by atoms with E-state index in [2.05, 4.69) is 13.8 Å². The fraction of sp³-hybridized carbons (Fsp3) is 0.400. The van der Waals surface area contributed by atoms with Crippen LogP contribution in [-0.4, -0.2) is 55.5 Å². The van der Waals surface area contributed by atoms with E-state index < -0.39 is 23.7 Å². The number of carbonyl (C=O) groups excluding carboxylic acids is 3. The van der Waals surface area contributed by atoms with Crippen molar-refractivity contribution in [2.75, 3.05) is 21.3 Å². The van der Waals surface area contributed by atoms with Gasteiger partial charge in [-0.3, -0.25) is 14.4 Å². The first kappa shape index (κ1) is 56.7. The molecule has 0 fully saturated rings. The molecule has 9 rings (SSSR count). The van der Waals surface area contributed by atoms with E-state index in [1.807, 2.05) is 111 Å². The highest BCUT2D eigenvalue weighted by Crippen LogP contribution is 2.43. The van der Waals surface area contributed by atoms with Gasteiger partial charge in [0.1, 0.15) is 57.5 Å². The van der Waals surface area contributed by atoms with Gasteiger partial charge >= 0.3 is 0 Å². The zero-order valence-electron chi connectivity index (χ0n) is 46.8. The molecule has 0 amide bonds. The SMILES string of the molecule is COc1cc(C([18F])C(=O)c2ccc3c(c2)CCC(C)(C)O3)cc(C)c1C.COc1cc(CC(=O)c2ccc3c(c2)C([18F])CC(C)(C)O3)cc(C)c1C.COc1cc(CC(=O)c2ccc3c(c2)CCC(C)(C)O3)ccc1C. The molecule has 76 heavy (non-hydrogen) atoms. The largest absolute Gasteiger partial charge is 0.496 e. The summed E-state index contributed by atoms with van der Waals surface area (Å²) in [6, 6.07) is 29.1. The second kappa shape index (κ2) is 23.1. The molecule has 0 N–H and O–H groups in total. The van der Waals surface area contributed by atoms with Gasteiger partial charge in [-0.15, -0.1) is 0 Å². The van der Waals surface area contributed by atoms with Gasteiger partial charge in [0, 0.05) is 41.5 Å². The van der Waals surface area contributed by atoms with E-state index in [1.165, 1.54) is 0 Å². The van der Waals surface area contributed by atoms with Gasteiger partial charge in [0.25, 0.3) is 0 Å². The Morgan fingerprint density at radius 2 is 1.01 bits per heavy atom. The fourth-order valence-electron chi connectivity index (χ4n) is 9.86. The molecule has 6 aromatic rings. The number of hydrogen-bond donors (Lipinski definition) is 0. The maximum Gasteiger partial charge on any atom is 0.201 e. The lowest BCUT2D eigenvalue weighted by Crippen LogP contribution is -2.33. The van der Waals surface area contributed by atoms with Crippen LogP contribution >= 0.6 is 0 Å². The molecule has 0 radical (unpaired) electrons. The highest BCUT2D eigenvalue weighted by molar-refractivity contribution is 6.00. The van der Waals surface area contributed by atoms with Gasteiger partial charge in [-0.05, 0) is 230 Å². The number of halogens is 2. The number of benzene rings is 6. The van der Waals surface area contributed by atoms with Gasteiger partial charge in [0.15, 0.2) is 17.7 Å². The third kappa shape index (κ3) is 13.5. The molecule has 2 atom stereocenters. The van der Waals surface area contributed by atoms with Crippen LogP contribution in [-0.2, 0) is 25.7 Å². The van der Waals surface area contributed by atoms with Gasteiger partial charge in [0.2, 0.25) is 5.78 Å². The maximum absolute atomic E-state index is 15.0. The third-order valence-corrected chi connectivity index (χ3v) is 14.7. The predicted molar refractivity (Wildman–Crippen MR) is 295 cm³/mol. The highest BCUT2D eigenvalue weighted by Gasteiger charge is 2.35. The Labute approximate surface area is 448 Å². The Balaban J connectivity index is 0.000000166. The molecule has 0 saturated carbocycles. The van der Waals surface area contributed by atoms with Crippen LogP contribution in [0.5, 0.6) is 34.5 Å². The molecule has 6 aromatic carbocycles. The molecule has 402 valence electrons. The van der Waals surface area contributed by atoms with E-state index in [4.69, 9.17) is 28.4 Å². The van der Waals surface area contributed by atoms with Crippen molar-refractivity contribution in [3.8, 4) is 34.5 Å². The molecule has 2 unspecified atom stereocenters. The van der Waals surface area contributed by atoms with E-state index in [0.717, 1.165) is 104 Å². The Kier molecular flexibility index (Phi) is 17.2. The Morgan fingerprint density at radius 3 is 1.59 bits per heavy atom. The molecule has 3 aliphatic heterocycles. The first-order chi connectivity index (χ1) is 35.8. The van der Waals surface area contributed by atoms with Crippen molar-refractivity contribution in [1.82, 2.24) is 0 Å². The molecule has 0 aliphatic carbocycles. The summed E-state index contributed by atoms with van der Waals surface area (Å²) in [6.45, 7) is 21.8. The minimum atomic E-state index is -1.72. The van der Waals surface area contributed by atoms with Crippen LogP contribution in [0.25, 0.3) is 0 Å². The number of rotatable bonds is 12. The summed E-state index contributed by atoms with van der Waals surface area (Å²) < 4.78 is 63.3. The number of fused-ring (bicyclic) bond motifs is 3. The van der Waals surface area contributed by atoms with Gasteiger partial charge in [-0.25, -0.2) is 8.78 Å². The second-order valence-electron chi connectivity index (χ2n) is 22.3. The highest BCUT2D eigenvalue weighted by atomic mass is 18.2. The predicted octanol–water partition coefficient (Wildman–Crippen LogP) is 15.2. The standard InChI is InChI=1S/2C22H25FO3.C21H24O3/c1-13-8-15(10-21(25-5)14(13)2)9-19(24)16-6-7-20-17(11-16)18(23)12-22(3,4)26-20;1-13-10-17(12-19(25-5)14(13)2)20(23)21(24)16-6-7-18-15(11-16)8-9-22(3,4)26-18;1-14-5-6-15(12-20(14)23-4)11-18(22)16-7-8-19-17(13-16)9-10-21(2,3)24-19/h6-8,10-11,18H,9,12H2,1-5H3;6-7,10-12,20H,8-9H2,1-5H3;5-8,12-13H,9-11H2,1-4H3/i2*23-1;. The molecular weight excluding hydrogens is 961 g/mol. The van der Waals surface area contributed by atoms with Crippen LogP contribution in [0.2, 0.25) is 0 Å². The van der Waals surface area contributed by atoms with Crippen LogP contribution in [0.3, 0.4) is 0 Å². The van der Waals surface area contributed by atoms with Gasteiger partial charge in [-0.2, -0.15) is 0 Å². The van der Waals surface area contributed by atoms with Crippen molar-refractivity contribution in [3.63, 3.8) is 0 Å². The summed E-state index contributed by atoms with van der Waals surface area (Å²) in [6.07, 6.45) is 1.66. The molecule has 0 saturated heterocycles. The average Bonchev–Trinajstić information content (AvgIpc) is 3.37. The monoisotopic (exact) mass is 1030 g/mol. The van der Waals surface area contributed by atoms with Crippen LogP contribution < -0.4 is 28.4 Å². The molecular formula is C65H74F2O9. The lowest BCUT2D eigenvalue weighted by Gasteiger charge is -2.34. The first-order valence-electron chi connectivity index (χ1n) is 26.1. The van der Waals surface area contributed by atoms with Crippen molar-refractivity contribution in [1.29, 1.82) is 0 Å². The number of aryl methyl sites for hydroxylation is 5. The molecule has 0 bridgehead atoms. The summed E-state index contributed by atoms with van der Waals surface area (Å²) in [5.74, 6) is 3.93. The zero-order chi connectivity index (χ0) is 55.4. The maximum atomic E-state index is 15.0. The number of alkyl halides is 2. The third-order valence-electron chi connectivity index (χ3n) is 14.7. The Morgan fingerprint density at radius 1 is 0.539 bits per heavy atom. The molecule has 3 heterocycles. The zero-order valence-corrected chi connectivity index (χ0v) is 46.8. The van der Waals surface area contributed by atoms with Gasteiger partial charge in [0.05, 0.1) is 21.3 Å². The van der Waals surface area contributed by atoms with Crippen molar-refractivity contribution in [3.05, 3.63) is 175 Å². The number of carbonyl (C=O) groups is 3. The summed E-state index contributed by atoms with van der Waals surface area (Å²) in [4.78, 5) is 38.1. The molecule has 0 spiro atoms. The average molecular weight is 1040 g/mol. The molecule has 0 aromatic heterocycles. The van der Waals surface area contributed by atoms with Crippen LogP contribution in [0.1, 0.15) is 165 Å². The van der Waals surface area contributed by atoms with Crippen LogP contribution in [0, 0.1) is 34.6 Å². The summed E-state index contributed by atoms with van der Waals surface area (Å²) in [7, 11) is 4.82. The van der Waals surface area contributed by atoms with E-state index >= 15 is 0 Å². The van der Waals surface area contributed by atoms with Crippen molar-refractivity contribution in [2.45, 2.75) is 150 Å². The lowest BCUT2D eigenvalue weighted by molar-refractivity contribution is 0.0442. The minimum absolute atomic E-state index is 0.0462. The quantitative estimate of drug-likeness (QED) is 0.111. The molecule has 3 aliphatic rings. The van der Waals surface area contributed by atoms with Crippen molar-refractivity contribution < 1.29 is 51.6 Å². The van der Waals surface area contributed by atoms with E-state index in [1.54, 1.807) is 69.9 Å². The normalized spacial score (nSPS) is 16.6. The smallest absolute Gasteiger partial charge is 0.201 e. The van der Waals surface area contributed by atoms with Crippen molar-refractivity contribution in [2.24, 2.45) is 0 Å². The summed E-state index contributed by atoms with van der Waals surface area (Å²) in [5.41, 5.74) is 10.6. The first-order valence-corrected chi connectivity index (χ1v) is 26.1. The number of hydrogen-bond acceptors (Lipinski definition) is 9. The van der Waals surface area contributed by atoms with E-state index in [0.29, 0.717) is 40.2 Å². The molecule has 11 heteroatoms. The lowest BCUT2D eigenvalue weighted by atomic mass is 9.90. The van der Waals surface area contributed by atoms with E-state index in [9.17, 15) is 23.2 Å². The minimum Gasteiger partial charge on any atom is -0.496 e. The summed E-state index contributed by atoms with van der Waals surface area (Å²) >= 11 is 0. The number of Topliss-reactive ketones (excluding diaryl/α,β-unsaturated/α-hetero) is 3.